The second-order valence-corrected chi connectivity index (χ2v) is 8.75. The first-order valence-electron chi connectivity index (χ1n) is 10.9. The van der Waals surface area contributed by atoms with Gasteiger partial charge in [0.2, 0.25) is 0 Å². The van der Waals surface area contributed by atoms with E-state index in [0.29, 0.717) is 0 Å². The Morgan fingerprint density at radius 3 is 2.36 bits per heavy atom. The Morgan fingerprint density at radius 1 is 0.964 bits per heavy atom. The molecule has 1 aliphatic heterocycles. The molecule has 28 heavy (non-hydrogen) atoms. The van der Waals surface area contributed by atoms with Crippen molar-refractivity contribution in [2.24, 2.45) is 17.8 Å². The summed E-state index contributed by atoms with van der Waals surface area (Å²) in [6, 6.07) is 20.3. The molecule has 3 rings (SSSR count). The van der Waals surface area contributed by atoms with E-state index in [1.165, 1.54) is 37.1 Å². The molecule has 0 aromatic heterocycles. The van der Waals surface area contributed by atoms with Gasteiger partial charge in [-0.1, -0.05) is 37.3 Å². The number of hydrogen-bond donors (Lipinski definition) is 2. The van der Waals surface area contributed by atoms with Gasteiger partial charge >= 0.3 is 0 Å². The maximum Gasteiger partial charge on any atom is 0.118 e. The van der Waals surface area contributed by atoms with E-state index in [2.05, 4.69) is 80.8 Å². The molecule has 2 aromatic carbocycles. The second-order valence-electron chi connectivity index (χ2n) is 8.75. The van der Waals surface area contributed by atoms with Gasteiger partial charge < -0.3 is 15.0 Å². The molecule has 0 amide bonds. The van der Waals surface area contributed by atoms with Gasteiger partial charge in [-0.05, 0) is 49.1 Å². The van der Waals surface area contributed by atoms with Crippen molar-refractivity contribution in [1.82, 2.24) is 0 Å². The lowest BCUT2D eigenvalue weighted by Gasteiger charge is -2.43. The van der Waals surface area contributed by atoms with Crippen LogP contribution in [0.5, 0.6) is 5.75 Å². The quantitative estimate of drug-likeness (QED) is 0.674. The number of nitrogens with two attached hydrogens (primary N) is 1. The molecule has 1 saturated heterocycles. The summed E-state index contributed by atoms with van der Waals surface area (Å²) in [6.07, 6.45) is 2.53. The van der Waals surface area contributed by atoms with Crippen LogP contribution in [0.25, 0.3) is 0 Å². The monoisotopic (exact) mass is 382 g/mol. The number of likely N-dealkylation sites (tertiary alicyclic amines) is 1. The Labute approximate surface area is 171 Å². The molecule has 3 nitrogen and oxygen atoms in total. The molecule has 5 atom stereocenters. The van der Waals surface area contributed by atoms with Crippen molar-refractivity contribution in [1.29, 1.82) is 0 Å². The highest BCUT2D eigenvalue weighted by atomic mass is 16.5. The van der Waals surface area contributed by atoms with Crippen molar-refractivity contribution < 1.29 is 15.0 Å². The molecule has 152 valence electrons. The molecule has 0 radical (unpaired) electrons. The molecule has 0 aliphatic carbocycles. The van der Waals surface area contributed by atoms with E-state index in [1.54, 1.807) is 12.0 Å². The van der Waals surface area contributed by atoms with E-state index in [-0.39, 0.29) is 0 Å². The van der Waals surface area contributed by atoms with Crippen LogP contribution in [0.15, 0.2) is 54.6 Å². The Hall–Kier alpha value is -1.84. The summed E-state index contributed by atoms with van der Waals surface area (Å²) in [5.74, 6) is 3.30. The number of benzene rings is 2. The zero-order valence-corrected chi connectivity index (χ0v) is 18.0. The van der Waals surface area contributed by atoms with E-state index in [0.717, 1.165) is 36.1 Å². The minimum Gasteiger partial charge on any atom is -0.497 e. The van der Waals surface area contributed by atoms with Gasteiger partial charge in [0.15, 0.2) is 0 Å². The molecular weight excluding hydrogens is 344 g/mol. The van der Waals surface area contributed by atoms with Crippen molar-refractivity contribution in [3.8, 4) is 5.75 Å². The van der Waals surface area contributed by atoms with Crippen LogP contribution in [0.4, 0.5) is 0 Å². The molecule has 1 aliphatic rings. The summed E-state index contributed by atoms with van der Waals surface area (Å²) < 4.78 is 5.25. The van der Waals surface area contributed by atoms with Crippen LogP contribution < -0.4 is 15.0 Å². The summed E-state index contributed by atoms with van der Waals surface area (Å²) >= 11 is 0. The minimum absolute atomic E-state index is 0.725. The maximum atomic E-state index is 5.25. The van der Waals surface area contributed by atoms with Crippen molar-refractivity contribution >= 4 is 0 Å². The van der Waals surface area contributed by atoms with Gasteiger partial charge in [-0.3, -0.25) is 0 Å². The van der Waals surface area contributed by atoms with Gasteiger partial charge in [-0.15, -0.1) is 0 Å². The van der Waals surface area contributed by atoms with Crippen LogP contribution in [0, 0.1) is 17.8 Å². The average molecular weight is 383 g/mol. The predicted molar refractivity (Wildman–Crippen MR) is 116 cm³/mol. The van der Waals surface area contributed by atoms with Gasteiger partial charge in [-0.25, -0.2) is 0 Å². The first kappa shape index (κ1) is 20.9. The third-order valence-electron chi connectivity index (χ3n) is 6.90. The highest BCUT2D eigenvalue weighted by molar-refractivity contribution is 5.26. The Kier molecular flexibility index (Phi) is 7.52. The second kappa shape index (κ2) is 10.1. The number of quaternary nitrogens is 2. The number of ether oxygens (including phenoxy) is 1. The van der Waals surface area contributed by atoms with Crippen molar-refractivity contribution in [3.05, 3.63) is 65.7 Å². The molecule has 1 unspecified atom stereocenters. The number of hydrogen-bond acceptors (Lipinski definition) is 1. The minimum atomic E-state index is 0.725. The van der Waals surface area contributed by atoms with E-state index < -0.39 is 0 Å². The Balaban J connectivity index is 1.57. The summed E-state index contributed by atoms with van der Waals surface area (Å²) in [5, 5.41) is 2.48. The molecule has 0 bridgehead atoms. The molecule has 1 heterocycles. The molecular formula is C25H38N2O+2. The number of rotatable bonds is 8. The summed E-state index contributed by atoms with van der Waals surface area (Å²) in [6.45, 7) is 8.49. The van der Waals surface area contributed by atoms with Crippen LogP contribution in [0.2, 0.25) is 0 Å². The van der Waals surface area contributed by atoms with Crippen LogP contribution in [-0.4, -0.2) is 33.3 Å². The van der Waals surface area contributed by atoms with Gasteiger partial charge in [0.25, 0.3) is 0 Å². The fourth-order valence-electron chi connectivity index (χ4n) is 5.06. The van der Waals surface area contributed by atoms with Crippen molar-refractivity contribution in [2.45, 2.75) is 39.3 Å². The van der Waals surface area contributed by atoms with Gasteiger partial charge in [0.1, 0.15) is 12.3 Å². The zero-order valence-electron chi connectivity index (χ0n) is 18.0. The van der Waals surface area contributed by atoms with Crippen LogP contribution in [-0.2, 0) is 13.0 Å². The SMILES string of the molecule is COc1ccc(C[NH2+]CC[C@H]2[C@@H](Cc3ccccc3)[C@@H](C)[NH+](C)C[C@@H]2C)cc1. The highest BCUT2D eigenvalue weighted by Crippen LogP contribution is 2.31. The van der Waals surface area contributed by atoms with Crippen molar-refractivity contribution in [2.75, 3.05) is 27.2 Å². The maximum absolute atomic E-state index is 5.25. The van der Waals surface area contributed by atoms with Crippen molar-refractivity contribution in [3.63, 3.8) is 0 Å². The zero-order chi connectivity index (χ0) is 19.9. The lowest BCUT2D eigenvalue weighted by molar-refractivity contribution is -0.919. The molecule has 3 N–H and O–H groups in total. The number of methoxy groups -OCH3 is 1. The Morgan fingerprint density at radius 2 is 1.68 bits per heavy atom. The topological polar surface area (TPSA) is 30.3 Å². The van der Waals surface area contributed by atoms with E-state index >= 15 is 0 Å². The third-order valence-corrected chi connectivity index (χ3v) is 6.90. The fourth-order valence-corrected chi connectivity index (χ4v) is 5.06. The molecule has 0 spiro atoms. The van der Waals surface area contributed by atoms with Gasteiger partial charge in [0.05, 0.1) is 33.3 Å². The summed E-state index contributed by atoms with van der Waals surface area (Å²) in [5.41, 5.74) is 2.87. The lowest BCUT2D eigenvalue weighted by atomic mass is 9.70. The average Bonchev–Trinajstić information content (AvgIpc) is 2.72. The van der Waals surface area contributed by atoms with E-state index in [9.17, 15) is 0 Å². The predicted octanol–water partition coefficient (Wildman–Crippen LogP) is 2.18. The number of nitrogens with one attached hydrogen (secondary N) is 1. The first-order valence-corrected chi connectivity index (χ1v) is 10.9. The standard InChI is InChI=1S/C25H36N2O/c1-19-18-27(3)20(2)25(16-21-8-6-5-7-9-21)24(19)14-15-26-17-22-10-12-23(28-4)13-11-22/h5-13,19-20,24-26H,14-18H2,1-4H3/p+2/t19-,20+,24+,25-/m0/s1. The van der Waals surface area contributed by atoms with Gasteiger partial charge in [0, 0.05) is 23.8 Å². The molecule has 2 aromatic rings. The highest BCUT2D eigenvalue weighted by Gasteiger charge is 2.40. The van der Waals surface area contributed by atoms with Crippen LogP contribution >= 0.6 is 0 Å². The van der Waals surface area contributed by atoms with Crippen LogP contribution in [0.3, 0.4) is 0 Å². The fraction of sp³-hybridized carbons (Fsp3) is 0.520. The smallest absolute Gasteiger partial charge is 0.118 e. The third kappa shape index (κ3) is 5.36. The number of piperidine rings is 1. The summed E-state index contributed by atoms with van der Waals surface area (Å²) in [4.78, 5) is 1.70. The van der Waals surface area contributed by atoms with E-state index in [1.807, 2.05) is 0 Å². The summed E-state index contributed by atoms with van der Waals surface area (Å²) in [7, 11) is 4.10. The van der Waals surface area contributed by atoms with Crippen LogP contribution in [0.1, 0.15) is 31.4 Å². The molecule has 1 fully saturated rings. The first-order chi connectivity index (χ1) is 13.6. The van der Waals surface area contributed by atoms with Gasteiger partial charge in [-0.2, -0.15) is 0 Å². The molecule has 0 saturated carbocycles. The molecule has 3 heteroatoms. The normalized spacial score (nSPS) is 27.5. The Bertz CT molecular complexity index is 700. The van der Waals surface area contributed by atoms with E-state index in [4.69, 9.17) is 4.74 Å². The lowest BCUT2D eigenvalue weighted by Crippen LogP contribution is -3.15. The largest absolute Gasteiger partial charge is 0.497 e.